The van der Waals surface area contributed by atoms with Crippen LogP contribution < -0.4 is 20.1 Å². The molecular weight excluding hydrogens is 244 g/mol. The minimum Gasteiger partial charge on any atom is -0.454 e. The molecule has 0 unspecified atom stereocenters. The van der Waals surface area contributed by atoms with Crippen molar-refractivity contribution < 1.29 is 14.3 Å². The van der Waals surface area contributed by atoms with Gasteiger partial charge in [0.05, 0.1) is 6.42 Å². The summed E-state index contributed by atoms with van der Waals surface area (Å²) in [6.45, 7) is 2.23. The van der Waals surface area contributed by atoms with E-state index >= 15 is 0 Å². The second kappa shape index (κ2) is 5.48. The molecule has 1 aromatic carbocycles. The molecule has 1 fully saturated rings. The van der Waals surface area contributed by atoms with Crippen LogP contribution in [0.1, 0.15) is 18.4 Å². The molecule has 5 heteroatoms. The Bertz CT molecular complexity index is 470. The second-order valence-electron chi connectivity index (χ2n) is 4.96. The van der Waals surface area contributed by atoms with E-state index in [-0.39, 0.29) is 12.7 Å². The third-order valence-electron chi connectivity index (χ3n) is 3.51. The molecule has 0 radical (unpaired) electrons. The summed E-state index contributed by atoms with van der Waals surface area (Å²) < 4.78 is 10.6. The number of nitrogens with one attached hydrogen (secondary N) is 2. The molecule has 0 aliphatic carbocycles. The molecule has 0 bridgehead atoms. The predicted octanol–water partition coefficient (Wildman–Crippen LogP) is 0.826. The molecule has 0 saturated carbocycles. The summed E-state index contributed by atoms with van der Waals surface area (Å²) in [7, 11) is 0. The molecule has 0 atom stereocenters. The predicted molar refractivity (Wildman–Crippen MR) is 70.3 cm³/mol. The van der Waals surface area contributed by atoms with Crippen molar-refractivity contribution >= 4 is 5.91 Å². The summed E-state index contributed by atoms with van der Waals surface area (Å²) in [6.07, 6.45) is 2.40. The molecule has 3 rings (SSSR count). The van der Waals surface area contributed by atoms with Gasteiger partial charge in [0.1, 0.15) is 0 Å². The third kappa shape index (κ3) is 2.98. The van der Waals surface area contributed by atoms with Crippen LogP contribution in [0.3, 0.4) is 0 Å². The Balaban J connectivity index is 1.56. The van der Waals surface area contributed by atoms with Gasteiger partial charge in [0.25, 0.3) is 0 Å². The number of carbonyl (C=O) groups excluding carboxylic acids is 1. The molecule has 2 aliphatic rings. The number of hydrogen-bond donors (Lipinski definition) is 2. The fourth-order valence-electron chi connectivity index (χ4n) is 2.48. The zero-order chi connectivity index (χ0) is 13.1. The fourth-order valence-corrected chi connectivity index (χ4v) is 2.48. The van der Waals surface area contributed by atoms with Crippen LogP contribution in [0.15, 0.2) is 18.2 Å². The summed E-state index contributed by atoms with van der Waals surface area (Å²) in [6, 6.07) is 5.96. The van der Waals surface area contributed by atoms with E-state index in [0.717, 1.165) is 43.0 Å². The van der Waals surface area contributed by atoms with Crippen LogP contribution in [-0.4, -0.2) is 31.8 Å². The molecular formula is C14H18N2O3. The van der Waals surface area contributed by atoms with Crippen LogP contribution >= 0.6 is 0 Å². The highest BCUT2D eigenvalue weighted by molar-refractivity contribution is 5.79. The summed E-state index contributed by atoms with van der Waals surface area (Å²) >= 11 is 0. The van der Waals surface area contributed by atoms with Crippen LogP contribution in [0.25, 0.3) is 0 Å². The zero-order valence-electron chi connectivity index (χ0n) is 10.8. The van der Waals surface area contributed by atoms with Gasteiger partial charge in [0.15, 0.2) is 11.5 Å². The lowest BCUT2D eigenvalue weighted by molar-refractivity contribution is -0.121. The maximum Gasteiger partial charge on any atom is 0.231 e. The van der Waals surface area contributed by atoms with E-state index in [1.165, 1.54) is 0 Å². The monoisotopic (exact) mass is 262 g/mol. The number of hydrogen-bond acceptors (Lipinski definition) is 4. The van der Waals surface area contributed by atoms with Crippen LogP contribution in [0.4, 0.5) is 0 Å². The van der Waals surface area contributed by atoms with Gasteiger partial charge in [-0.05, 0) is 43.6 Å². The van der Waals surface area contributed by atoms with Gasteiger partial charge in [0, 0.05) is 6.04 Å². The highest BCUT2D eigenvalue weighted by atomic mass is 16.7. The first-order valence-electron chi connectivity index (χ1n) is 6.70. The summed E-state index contributed by atoms with van der Waals surface area (Å²) in [4.78, 5) is 12.0. The quantitative estimate of drug-likeness (QED) is 0.847. The van der Waals surface area contributed by atoms with Crippen molar-refractivity contribution in [3.8, 4) is 11.5 Å². The lowest BCUT2D eigenvalue weighted by Gasteiger charge is -2.23. The van der Waals surface area contributed by atoms with E-state index in [1.807, 2.05) is 18.2 Å². The van der Waals surface area contributed by atoms with E-state index in [2.05, 4.69) is 10.6 Å². The fraction of sp³-hybridized carbons (Fsp3) is 0.500. The van der Waals surface area contributed by atoms with Crippen LogP contribution in [-0.2, 0) is 11.2 Å². The first kappa shape index (κ1) is 12.3. The Labute approximate surface area is 112 Å². The molecule has 2 aliphatic heterocycles. The normalized spacial score (nSPS) is 18.3. The van der Waals surface area contributed by atoms with Gasteiger partial charge in [-0.15, -0.1) is 0 Å². The van der Waals surface area contributed by atoms with Crippen LogP contribution in [0, 0.1) is 0 Å². The Morgan fingerprint density at radius 3 is 2.89 bits per heavy atom. The molecule has 102 valence electrons. The minimum absolute atomic E-state index is 0.0748. The zero-order valence-corrected chi connectivity index (χ0v) is 10.8. The Morgan fingerprint density at radius 1 is 1.26 bits per heavy atom. The summed E-state index contributed by atoms with van der Waals surface area (Å²) in [5, 5.41) is 6.37. The largest absolute Gasteiger partial charge is 0.454 e. The van der Waals surface area contributed by atoms with E-state index in [4.69, 9.17) is 9.47 Å². The van der Waals surface area contributed by atoms with E-state index in [0.29, 0.717) is 12.5 Å². The second-order valence-corrected chi connectivity index (χ2v) is 4.96. The number of piperidine rings is 1. The van der Waals surface area contributed by atoms with Crippen molar-refractivity contribution in [2.24, 2.45) is 0 Å². The molecule has 5 nitrogen and oxygen atoms in total. The van der Waals surface area contributed by atoms with Crippen molar-refractivity contribution in [3.05, 3.63) is 23.8 Å². The highest BCUT2D eigenvalue weighted by Crippen LogP contribution is 2.32. The topological polar surface area (TPSA) is 59.6 Å². The van der Waals surface area contributed by atoms with Crippen molar-refractivity contribution in [3.63, 3.8) is 0 Å². The minimum atomic E-state index is 0.0748. The van der Waals surface area contributed by atoms with E-state index < -0.39 is 0 Å². The van der Waals surface area contributed by atoms with Crippen molar-refractivity contribution in [2.45, 2.75) is 25.3 Å². The molecule has 2 heterocycles. The average Bonchev–Trinajstić information content (AvgIpc) is 2.87. The number of fused-ring (bicyclic) bond motifs is 1. The van der Waals surface area contributed by atoms with Crippen LogP contribution in [0.5, 0.6) is 11.5 Å². The summed E-state index contributed by atoms with van der Waals surface area (Å²) in [5.41, 5.74) is 0.954. The van der Waals surface area contributed by atoms with Gasteiger partial charge < -0.3 is 20.1 Å². The van der Waals surface area contributed by atoms with Crippen LogP contribution in [0.2, 0.25) is 0 Å². The molecule has 19 heavy (non-hydrogen) atoms. The number of carbonyl (C=O) groups is 1. The van der Waals surface area contributed by atoms with Gasteiger partial charge in [-0.1, -0.05) is 6.07 Å². The standard InChI is InChI=1S/C14H18N2O3/c17-14(16-11-3-5-15-6-4-11)8-10-1-2-12-13(7-10)19-9-18-12/h1-2,7,11,15H,3-6,8-9H2,(H,16,17). The molecule has 1 amide bonds. The lowest BCUT2D eigenvalue weighted by atomic mass is 10.1. The van der Waals surface area contributed by atoms with Gasteiger partial charge in [-0.25, -0.2) is 0 Å². The Kier molecular flexibility index (Phi) is 3.55. The van der Waals surface area contributed by atoms with E-state index in [1.54, 1.807) is 0 Å². The first-order valence-corrected chi connectivity index (χ1v) is 6.70. The molecule has 2 N–H and O–H groups in total. The molecule has 1 aromatic rings. The van der Waals surface area contributed by atoms with Crippen molar-refractivity contribution in [1.82, 2.24) is 10.6 Å². The van der Waals surface area contributed by atoms with Gasteiger partial charge in [0.2, 0.25) is 12.7 Å². The van der Waals surface area contributed by atoms with E-state index in [9.17, 15) is 4.79 Å². The SMILES string of the molecule is O=C(Cc1ccc2c(c1)OCO2)NC1CCNCC1. The maximum atomic E-state index is 12.0. The molecule has 0 spiro atoms. The average molecular weight is 262 g/mol. The molecule has 1 saturated heterocycles. The third-order valence-corrected chi connectivity index (χ3v) is 3.51. The number of ether oxygens (including phenoxy) is 2. The van der Waals surface area contributed by atoms with Gasteiger partial charge in [-0.3, -0.25) is 4.79 Å². The maximum absolute atomic E-state index is 12.0. The van der Waals surface area contributed by atoms with Crippen molar-refractivity contribution in [2.75, 3.05) is 19.9 Å². The van der Waals surface area contributed by atoms with Gasteiger partial charge >= 0.3 is 0 Å². The summed E-state index contributed by atoms with van der Waals surface area (Å²) in [5.74, 6) is 1.56. The first-order chi connectivity index (χ1) is 9.31. The highest BCUT2D eigenvalue weighted by Gasteiger charge is 2.17. The smallest absolute Gasteiger partial charge is 0.231 e. The van der Waals surface area contributed by atoms with Crippen molar-refractivity contribution in [1.29, 1.82) is 0 Å². The molecule has 0 aromatic heterocycles. The number of amides is 1. The number of benzene rings is 1. The Morgan fingerprint density at radius 2 is 2.05 bits per heavy atom. The lowest BCUT2D eigenvalue weighted by Crippen LogP contribution is -2.43. The number of rotatable bonds is 3. The van der Waals surface area contributed by atoms with Gasteiger partial charge in [-0.2, -0.15) is 0 Å². The Hall–Kier alpha value is -1.75.